The number of aromatic amines is 1. The Labute approximate surface area is 162 Å². The quantitative estimate of drug-likeness (QED) is 0.499. The van der Waals surface area contributed by atoms with Gasteiger partial charge in [-0.3, -0.25) is 9.89 Å². The zero-order valence-corrected chi connectivity index (χ0v) is 16.3. The van der Waals surface area contributed by atoms with Gasteiger partial charge in [-0.1, -0.05) is 12.1 Å². The number of thiazole rings is 1. The number of rotatable bonds is 5. The Bertz CT molecular complexity index is 1100. The average Bonchev–Trinajstić information content (AvgIpc) is 3.35. The molecule has 3 aromatic heterocycles. The normalized spacial score (nSPS) is 11.1. The molecule has 0 saturated carbocycles. The summed E-state index contributed by atoms with van der Waals surface area (Å²) in [5.74, 6) is 0.732. The molecule has 0 aliphatic rings. The van der Waals surface area contributed by atoms with Crippen molar-refractivity contribution in [3.8, 4) is 9.88 Å². The van der Waals surface area contributed by atoms with Crippen LogP contribution in [-0.4, -0.2) is 32.2 Å². The van der Waals surface area contributed by atoms with Gasteiger partial charge >= 0.3 is 0 Å². The molecule has 4 rings (SSSR count). The molecular formula is C17H15N5OS3. The second-order valence-electron chi connectivity index (χ2n) is 5.66. The number of para-hydroxylation sites is 1. The van der Waals surface area contributed by atoms with Crippen molar-refractivity contribution in [2.75, 3.05) is 6.54 Å². The Morgan fingerprint density at radius 1 is 1.27 bits per heavy atom. The average molecular weight is 402 g/mol. The molecule has 0 saturated heterocycles. The van der Waals surface area contributed by atoms with Gasteiger partial charge in [0, 0.05) is 20.0 Å². The number of benzene rings is 1. The predicted octanol–water partition coefficient (Wildman–Crippen LogP) is 3.79. The molecule has 132 valence electrons. The van der Waals surface area contributed by atoms with Crippen molar-refractivity contribution in [2.24, 2.45) is 7.05 Å². The molecule has 26 heavy (non-hydrogen) atoms. The number of thiophene rings is 1. The van der Waals surface area contributed by atoms with E-state index < -0.39 is 0 Å². The fourth-order valence-corrected chi connectivity index (χ4v) is 4.62. The summed E-state index contributed by atoms with van der Waals surface area (Å²) in [6.45, 7) is 0.501. The summed E-state index contributed by atoms with van der Waals surface area (Å²) in [7, 11) is 1.85. The van der Waals surface area contributed by atoms with Gasteiger partial charge < -0.3 is 9.88 Å². The second kappa shape index (κ2) is 7.10. The van der Waals surface area contributed by atoms with E-state index in [1.165, 1.54) is 11.3 Å². The summed E-state index contributed by atoms with van der Waals surface area (Å²) in [5.41, 5.74) is 0.986. The van der Waals surface area contributed by atoms with Crippen LogP contribution in [0.2, 0.25) is 0 Å². The molecule has 0 fully saturated rings. The Morgan fingerprint density at radius 3 is 2.88 bits per heavy atom. The van der Waals surface area contributed by atoms with Crippen LogP contribution in [0.4, 0.5) is 0 Å². The fraction of sp³-hybridized carbons (Fsp3) is 0.176. The van der Waals surface area contributed by atoms with Crippen LogP contribution in [0.1, 0.15) is 15.5 Å². The van der Waals surface area contributed by atoms with Crippen LogP contribution in [0.25, 0.3) is 20.1 Å². The molecule has 0 aliphatic heterocycles. The number of carbonyl (C=O) groups excluding carboxylic acids is 1. The number of H-pyrrole nitrogens is 1. The molecule has 6 nitrogen and oxygen atoms in total. The van der Waals surface area contributed by atoms with E-state index >= 15 is 0 Å². The summed E-state index contributed by atoms with van der Waals surface area (Å²) in [6, 6.07) is 11.8. The van der Waals surface area contributed by atoms with Gasteiger partial charge in [-0.05, 0) is 36.5 Å². The lowest BCUT2D eigenvalue weighted by Crippen LogP contribution is -2.25. The van der Waals surface area contributed by atoms with Crippen molar-refractivity contribution in [3.05, 3.63) is 51.9 Å². The van der Waals surface area contributed by atoms with E-state index in [9.17, 15) is 4.79 Å². The van der Waals surface area contributed by atoms with Crippen molar-refractivity contribution in [1.29, 1.82) is 0 Å². The van der Waals surface area contributed by atoms with Crippen LogP contribution in [0.5, 0.6) is 0 Å². The zero-order chi connectivity index (χ0) is 18.1. The maximum absolute atomic E-state index is 12.4. The molecule has 1 aromatic carbocycles. The van der Waals surface area contributed by atoms with E-state index in [4.69, 9.17) is 12.2 Å². The van der Waals surface area contributed by atoms with Gasteiger partial charge in [0.15, 0.2) is 4.77 Å². The Morgan fingerprint density at radius 2 is 2.12 bits per heavy atom. The zero-order valence-electron chi connectivity index (χ0n) is 13.9. The molecule has 0 atom stereocenters. The first-order chi connectivity index (χ1) is 12.6. The molecule has 0 radical (unpaired) electrons. The molecule has 0 spiro atoms. The lowest BCUT2D eigenvalue weighted by atomic mass is 10.3. The van der Waals surface area contributed by atoms with Crippen molar-refractivity contribution in [2.45, 2.75) is 6.42 Å². The predicted molar refractivity (Wildman–Crippen MR) is 107 cm³/mol. The summed E-state index contributed by atoms with van der Waals surface area (Å²) < 4.78 is 3.53. The number of amides is 1. The first-order valence-corrected chi connectivity index (χ1v) is 10.00. The standard InChI is InChI=1S/C17H15N5OS3/c1-22-14(20-21-17(22)24)8-9-18-15(23)12-6-7-13(25-12)16-19-10-4-2-3-5-11(10)26-16/h2-7H,8-9H2,1H3,(H,18,23)(H,21,24). The number of aromatic nitrogens is 4. The molecule has 0 unspecified atom stereocenters. The number of carbonyl (C=O) groups is 1. The first-order valence-electron chi connectivity index (χ1n) is 7.96. The van der Waals surface area contributed by atoms with Crippen LogP contribution >= 0.6 is 34.9 Å². The van der Waals surface area contributed by atoms with Crippen molar-refractivity contribution in [3.63, 3.8) is 0 Å². The number of nitrogens with one attached hydrogen (secondary N) is 2. The molecule has 4 aromatic rings. The number of hydrogen-bond donors (Lipinski definition) is 2. The minimum Gasteiger partial charge on any atom is -0.351 e. The molecule has 0 aliphatic carbocycles. The maximum atomic E-state index is 12.4. The smallest absolute Gasteiger partial charge is 0.261 e. The third-order valence-electron chi connectivity index (χ3n) is 3.94. The lowest BCUT2D eigenvalue weighted by Gasteiger charge is -2.03. The molecule has 9 heteroatoms. The highest BCUT2D eigenvalue weighted by Gasteiger charge is 2.13. The van der Waals surface area contributed by atoms with E-state index in [-0.39, 0.29) is 5.91 Å². The van der Waals surface area contributed by atoms with E-state index in [0.29, 0.717) is 22.6 Å². The number of hydrogen-bond acceptors (Lipinski definition) is 6. The second-order valence-corrected chi connectivity index (χ2v) is 8.16. The SMILES string of the molecule is Cn1c(CCNC(=O)c2ccc(-c3nc4ccccc4s3)s2)n[nH]c1=S. The van der Waals surface area contributed by atoms with Crippen LogP contribution < -0.4 is 5.32 Å². The van der Waals surface area contributed by atoms with E-state index in [1.807, 2.05) is 37.4 Å². The lowest BCUT2D eigenvalue weighted by molar-refractivity contribution is 0.0958. The van der Waals surface area contributed by atoms with Crippen LogP contribution in [0, 0.1) is 4.77 Å². The molecule has 3 heterocycles. The van der Waals surface area contributed by atoms with Crippen molar-refractivity contribution < 1.29 is 4.79 Å². The summed E-state index contributed by atoms with van der Waals surface area (Å²) in [5, 5.41) is 10.7. The third kappa shape index (κ3) is 3.33. The van der Waals surface area contributed by atoms with E-state index in [1.54, 1.807) is 15.9 Å². The first kappa shape index (κ1) is 17.1. The minimum absolute atomic E-state index is 0.0841. The highest BCUT2D eigenvalue weighted by atomic mass is 32.1. The minimum atomic E-state index is -0.0841. The van der Waals surface area contributed by atoms with Crippen molar-refractivity contribution >= 4 is 51.0 Å². The largest absolute Gasteiger partial charge is 0.351 e. The van der Waals surface area contributed by atoms with E-state index in [2.05, 4.69) is 26.6 Å². The third-order valence-corrected chi connectivity index (χ3v) is 6.60. The summed E-state index contributed by atoms with van der Waals surface area (Å²) >= 11 is 8.17. The van der Waals surface area contributed by atoms with Crippen LogP contribution in [-0.2, 0) is 13.5 Å². The number of nitrogens with zero attached hydrogens (tertiary/aromatic N) is 3. The van der Waals surface area contributed by atoms with Crippen LogP contribution in [0.3, 0.4) is 0 Å². The molecular weight excluding hydrogens is 386 g/mol. The molecule has 1 amide bonds. The number of fused-ring (bicyclic) bond motifs is 1. The molecule has 0 bridgehead atoms. The van der Waals surface area contributed by atoms with E-state index in [0.717, 1.165) is 25.9 Å². The van der Waals surface area contributed by atoms with Gasteiger partial charge in [-0.2, -0.15) is 5.10 Å². The van der Waals surface area contributed by atoms with Gasteiger partial charge in [0.1, 0.15) is 10.8 Å². The Kier molecular flexibility index (Phi) is 4.66. The van der Waals surface area contributed by atoms with Gasteiger partial charge in [0.25, 0.3) is 5.91 Å². The highest BCUT2D eigenvalue weighted by molar-refractivity contribution is 7.71. The Hall–Kier alpha value is -2.36. The molecule has 2 N–H and O–H groups in total. The summed E-state index contributed by atoms with van der Waals surface area (Å²) in [6.07, 6.45) is 0.617. The van der Waals surface area contributed by atoms with Crippen LogP contribution in [0.15, 0.2) is 36.4 Å². The Balaban J connectivity index is 1.43. The fourth-order valence-electron chi connectivity index (χ4n) is 2.53. The van der Waals surface area contributed by atoms with Crippen molar-refractivity contribution in [1.82, 2.24) is 25.1 Å². The highest BCUT2D eigenvalue weighted by Crippen LogP contribution is 2.34. The topological polar surface area (TPSA) is 75.6 Å². The van der Waals surface area contributed by atoms with Gasteiger partial charge in [-0.15, -0.1) is 22.7 Å². The summed E-state index contributed by atoms with van der Waals surface area (Å²) in [4.78, 5) is 18.7. The van der Waals surface area contributed by atoms with Gasteiger partial charge in [0.2, 0.25) is 0 Å². The monoisotopic (exact) mass is 401 g/mol. The maximum Gasteiger partial charge on any atom is 0.261 e. The van der Waals surface area contributed by atoms with Gasteiger partial charge in [0.05, 0.1) is 20.0 Å². The van der Waals surface area contributed by atoms with Gasteiger partial charge in [-0.25, -0.2) is 4.98 Å².